The molecular weight excluding hydrogens is 374 g/mol. The molecule has 0 N–H and O–H groups in total. The second-order valence-corrected chi connectivity index (χ2v) is 6.38. The number of rotatable bonds is 7. The van der Waals surface area contributed by atoms with E-state index >= 15 is 0 Å². The van der Waals surface area contributed by atoms with Gasteiger partial charge in [-0.1, -0.05) is 18.2 Å². The molecule has 1 aliphatic heterocycles. The molecule has 1 heterocycles. The smallest absolute Gasteiger partial charge is 0.339 e. The summed E-state index contributed by atoms with van der Waals surface area (Å²) in [4.78, 5) is 39.2. The van der Waals surface area contributed by atoms with Crippen LogP contribution in [0.3, 0.4) is 0 Å². The van der Waals surface area contributed by atoms with Crippen LogP contribution < -0.4 is 9.47 Å². The number of nitrogens with zero attached hydrogens (tertiary/aromatic N) is 1. The maximum absolute atomic E-state index is 13.0. The number of likely N-dealkylation sites (N-methyl/N-ethyl adjacent to an activating group) is 1. The van der Waals surface area contributed by atoms with E-state index < -0.39 is 5.97 Å². The third kappa shape index (κ3) is 4.56. The van der Waals surface area contributed by atoms with Gasteiger partial charge in [0, 0.05) is 24.2 Å². The summed E-state index contributed by atoms with van der Waals surface area (Å²) in [7, 11) is 0. The first-order chi connectivity index (χ1) is 14.0. The number of amides is 1. The largest absolute Gasteiger partial charge is 0.486 e. The van der Waals surface area contributed by atoms with Crippen molar-refractivity contribution in [3.63, 3.8) is 0 Å². The van der Waals surface area contributed by atoms with Gasteiger partial charge in [0.15, 0.2) is 23.9 Å². The third-order valence-corrected chi connectivity index (χ3v) is 4.64. The van der Waals surface area contributed by atoms with E-state index in [1.165, 1.54) is 6.07 Å². The van der Waals surface area contributed by atoms with Crippen molar-refractivity contribution in [3.05, 3.63) is 59.2 Å². The van der Waals surface area contributed by atoms with Crippen molar-refractivity contribution < 1.29 is 28.6 Å². The summed E-state index contributed by atoms with van der Waals surface area (Å²) in [5.74, 6) is -0.266. The summed E-state index contributed by atoms with van der Waals surface area (Å²) in [5.41, 5.74) is 0.679. The van der Waals surface area contributed by atoms with Crippen LogP contribution in [-0.4, -0.2) is 55.5 Å². The van der Waals surface area contributed by atoms with Gasteiger partial charge in [0.25, 0.3) is 5.91 Å². The van der Waals surface area contributed by atoms with Crippen molar-refractivity contribution in [1.82, 2.24) is 4.90 Å². The van der Waals surface area contributed by atoms with Crippen LogP contribution in [0.25, 0.3) is 0 Å². The lowest BCUT2D eigenvalue weighted by molar-refractivity contribution is -0.134. The van der Waals surface area contributed by atoms with Gasteiger partial charge in [-0.15, -0.1) is 0 Å². The molecule has 0 saturated heterocycles. The third-order valence-electron chi connectivity index (χ3n) is 4.64. The summed E-state index contributed by atoms with van der Waals surface area (Å²) in [5, 5.41) is 0. The van der Waals surface area contributed by atoms with Gasteiger partial charge >= 0.3 is 5.97 Å². The molecule has 0 aliphatic carbocycles. The minimum absolute atomic E-state index is 0.111. The molecular formula is C22H23NO6. The van der Waals surface area contributed by atoms with Crippen molar-refractivity contribution in [2.75, 3.05) is 32.9 Å². The van der Waals surface area contributed by atoms with Crippen LogP contribution in [0.15, 0.2) is 42.5 Å². The second-order valence-electron chi connectivity index (χ2n) is 6.38. The van der Waals surface area contributed by atoms with Crippen LogP contribution in [0, 0.1) is 0 Å². The highest BCUT2D eigenvalue weighted by atomic mass is 16.6. The quantitative estimate of drug-likeness (QED) is 0.528. The monoisotopic (exact) mass is 397 g/mol. The van der Waals surface area contributed by atoms with Crippen LogP contribution in [0.1, 0.15) is 40.1 Å². The number of ether oxygens (including phenoxy) is 3. The minimum atomic E-state index is -0.716. The summed E-state index contributed by atoms with van der Waals surface area (Å²) < 4.78 is 16.2. The second kappa shape index (κ2) is 9.23. The fourth-order valence-electron chi connectivity index (χ4n) is 3.07. The van der Waals surface area contributed by atoms with Gasteiger partial charge in [0.1, 0.15) is 13.2 Å². The van der Waals surface area contributed by atoms with Crippen LogP contribution in [0.4, 0.5) is 0 Å². The zero-order valence-electron chi connectivity index (χ0n) is 16.5. The number of ketones is 1. The molecule has 2 aromatic carbocycles. The molecule has 3 rings (SSSR count). The maximum atomic E-state index is 13.0. The Labute approximate surface area is 169 Å². The molecule has 7 heteroatoms. The molecule has 29 heavy (non-hydrogen) atoms. The summed E-state index contributed by atoms with van der Waals surface area (Å²) in [6.07, 6.45) is 0. The normalized spacial score (nSPS) is 12.2. The Hall–Kier alpha value is -3.35. The lowest BCUT2D eigenvalue weighted by atomic mass is 9.98. The standard InChI is InChI=1S/C22H23NO6/c1-3-23(4-2)20(24)14-29-22(26)17-8-6-5-7-16(17)21(25)15-9-10-18-19(13-15)28-12-11-27-18/h5-10,13H,3-4,11-12,14H2,1-2H3. The average Bonchev–Trinajstić information content (AvgIpc) is 2.77. The highest BCUT2D eigenvalue weighted by Crippen LogP contribution is 2.31. The van der Waals surface area contributed by atoms with Crippen molar-refractivity contribution in [1.29, 1.82) is 0 Å². The highest BCUT2D eigenvalue weighted by molar-refractivity contribution is 6.14. The van der Waals surface area contributed by atoms with Gasteiger partial charge in [-0.05, 0) is 38.1 Å². The van der Waals surface area contributed by atoms with Gasteiger partial charge in [-0.3, -0.25) is 9.59 Å². The number of benzene rings is 2. The molecule has 1 amide bonds. The fourth-order valence-corrected chi connectivity index (χ4v) is 3.07. The van der Waals surface area contributed by atoms with E-state index in [9.17, 15) is 14.4 Å². The predicted molar refractivity (Wildman–Crippen MR) is 106 cm³/mol. The Kier molecular flexibility index (Phi) is 6.49. The zero-order valence-corrected chi connectivity index (χ0v) is 16.5. The topological polar surface area (TPSA) is 82.1 Å². The lowest BCUT2D eigenvalue weighted by Gasteiger charge is -2.19. The van der Waals surface area contributed by atoms with Crippen molar-refractivity contribution in [2.45, 2.75) is 13.8 Å². The number of carbonyl (C=O) groups is 3. The van der Waals surface area contributed by atoms with Crippen LogP contribution in [0.2, 0.25) is 0 Å². The minimum Gasteiger partial charge on any atom is -0.486 e. The predicted octanol–water partition coefficient (Wildman–Crippen LogP) is 2.71. The van der Waals surface area contributed by atoms with Crippen molar-refractivity contribution >= 4 is 17.7 Å². The molecule has 0 bridgehead atoms. The van der Waals surface area contributed by atoms with Gasteiger partial charge < -0.3 is 19.1 Å². The Balaban J connectivity index is 1.78. The Morgan fingerprint density at radius 2 is 1.59 bits per heavy atom. The molecule has 0 fully saturated rings. The maximum Gasteiger partial charge on any atom is 0.339 e. The molecule has 2 aromatic rings. The van der Waals surface area contributed by atoms with E-state index in [4.69, 9.17) is 14.2 Å². The van der Waals surface area contributed by atoms with Crippen LogP contribution in [0.5, 0.6) is 11.5 Å². The SMILES string of the molecule is CCN(CC)C(=O)COC(=O)c1ccccc1C(=O)c1ccc2c(c1)OCCO2. The zero-order chi connectivity index (χ0) is 20.8. The van der Waals surface area contributed by atoms with E-state index in [2.05, 4.69) is 0 Å². The Bertz CT molecular complexity index is 919. The first-order valence-corrected chi connectivity index (χ1v) is 9.53. The average molecular weight is 397 g/mol. The number of carbonyl (C=O) groups excluding carboxylic acids is 3. The molecule has 0 radical (unpaired) electrons. The number of fused-ring (bicyclic) bond motifs is 1. The molecule has 152 valence electrons. The van der Waals surface area contributed by atoms with Gasteiger partial charge in [0.05, 0.1) is 5.56 Å². The van der Waals surface area contributed by atoms with Crippen LogP contribution in [-0.2, 0) is 9.53 Å². The highest BCUT2D eigenvalue weighted by Gasteiger charge is 2.22. The first-order valence-electron chi connectivity index (χ1n) is 9.53. The van der Waals surface area contributed by atoms with E-state index in [1.54, 1.807) is 41.3 Å². The summed E-state index contributed by atoms with van der Waals surface area (Å²) in [6, 6.07) is 11.3. The molecule has 1 aliphatic rings. The van der Waals surface area contributed by atoms with E-state index in [1.807, 2.05) is 13.8 Å². The summed E-state index contributed by atoms with van der Waals surface area (Å²) >= 11 is 0. The molecule has 7 nitrogen and oxygen atoms in total. The number of hydrogen-bond donors (Lipinski definition) is 0. The molecule has 0 aromatic heterocycles. The van der Waals surface area contributed by atoms with E-state index in [0.717, 1.165) is 0 Å². The molecule has 0 spiro atoms. The Morgan fingerprint density at radius 1 is 0.931 bits per heavy atom. The first kappa shape index (κ1) is 20.4. The van der Waals surface area contributed by atoms with E-state index in [-0.39, 0.29) is 29.4 Å². The molecule has 0 atom stereocenters. The van der Waals surface area contributed by atoms with Gasteiger partial charge in [0.2, 0.25) is 0 Å². The Morgan fingerprint density at radius 3 is 2.28 bits per heavy atom. The number of hydrogen-bond acceptors (Lipinski definition) is 6. The lowest BCUT2D eigenvalue weighted by Crippen LogP contribution is -2.34. The van der Waals surface area contributed by atoms with E-state index in [0.29, 0.717) is 43.4 Å². The van der Waals surface area contributed by atoms with Crippen LogP contribution >= 0.6 is 0 Å². The molecule has 0 unspecified atom stereocenters. The van der Waals surface area contributed by atoms with Gasteiger partial charge in [-0.2, -0.15) is 0 Å². The fraction of sp³-hybridized carbons (Fsp3) is 0.318. The molecule has 0 saturated carbocycles. The summed E-state index contributed by atoms with van der Waals surface area (Å²) in [6.45, 7) is 5.27. The van der Waals surface area contributed by atoms with Gasteiger partial charge in [-0.25, -0.2) is 4.79 Å². The number of esters is 1. The van der Waals surface area contributed by atoms with Crippen molar-refractivity contribution in [3.8, 4) is 11.5 Å². The van der Waals surface area contributed by atoms with Crippen molar-refractivity contribution in [2.24, 2.45) is 0 Å².